The molecule has 0 radical (unpaired) electrons. The molecule has 2 aromatic rings. The Bertz CT molecular complexity index is 741. The highest BCUT2D eigenvalue weighted by atomic mass is 16.6. The van der Waals surface area contributed by atoms with E-state index in [0.29, 0.717) is 0 Å². The number of hydrogen-bond donors (Lipinski definition) is 3. The van der Waals surface area contributed by atoms with Crippen LogP contribution in [0.5, 0.6) is 11.5 Å². The third kappa shape index (κ3) is 3.57. The second-order valence-corrected chi connectivity index (χ2v) is 4.25. The highest BCUT2D eigenvalue weighted by Gasteiger charge is 2.09. The number of nitro benzene ring substituents is 1. The molecule has 0 heterocycles. The van der Waals surface area contributed by atoms with Crippen molar-refractivity contribution in [2.24, 2.45) is 5.10 Å². The molecule has 3 N–H and O–H groups in total. The molecule has 0 aromatic heterocycles. The maximum absolute atomic E-state index is 11.7. The molecule has 0 bridgehead atoms. The molecule has 0 aliphatic carbocycles. The van der Waals surface area contributed by atoms with Gasteiger partial charge in [-0.05, 0) is 30.3 Å². The normalized spacial score (nSPS) is 10.5. The Labute approximate surface area is 124 Å². The van der Waals surface area contributed by atoms with Crippen molar-refractivity contribution in [2.45, 2.75) is 0 Å². The molecule has 0 aliphatic rings. The van der Waals surface area contributed by atoms with Crippen LogP contribution in [-0.2, 0) is 0 Å². The van der Waals surface area contributed by atoms with E-state index in [1.807, 2.05) is 0 Å². The molecule has 1 amide bonds. The smallest absolute Gasteiger partial charge is 0.271 e. The summed E-state index contributed by atoms with van der Waals surface area (Å²) in [6.45, 7) is 0. The summed E-state index contributed by atoms with van der Waals surface area (Å²) in [7, 11) is 0. The summed E-state index contributed by atoms with van der Waals surface area (Å²) in [6, 6.07) is 8.97. The summed E-state index contributed by atoms with van der Waals surface area (Å²) in [5.74, 6) is -0.698. The van der Waals surface area contributed by atoms with Gasteiger partial charge in [0.15, 0.2) is 0 Å². The van der Waals surface area contributed by atoms with Gasteiger partial charge in [-0.1, -0.05) is 0 Å². The van der Waals surface area contributed by atoms with Gasteiger partial charge in [0, 0.05) is 23.3 Å². The van der Waals surface area contributed by atoms with Crippen LogP contribution in [0.3, 0.4) is 0 Å². The fourth-order valence-corrected chi connectivity index (χ4v) is 1.60. The first kappa shape index (κ1) is 15.0. The van der Waals surface area contributed by atoms with Crippen molar-refractivity contribution in [2.75, 3.05) is 0 Å². The molecule has 0 aliphatic heterocycles. The van der Waals surface area contributed by atoms with Gasteiger partial charge in [0.2, 0.25) is 0 Å². The number of carbonyl (C=O) groups is 1. The maximum atomic E-state index is 11.7. The van der Waals surface area contributed by atoms with E-state index in [0.717, 1.165) is 18.3 Å². The van der Waals surface area contributed by atoms with Gasteiger partial charge in [0.1, 0.15) is 11.5 Å². The summed E-state index contributed by atoms with van der Waals surface area (Å²) >= 11 is 0. The van der Waals surface area contributed by atoms with Crippen molar-refractivity contribution < 1.29 is 19.9 Å². The molecule has 2 rings (SSSR count). The van der Waals surface area contributed by atoms with E-state index in [4.69, 9.17) is 5.11 Å². The molecule has 0 atom stereocenters. The van der Waals surface area contributed by atoms with Crippen molar-refractivity contribution in [3.63, 3.8) is 0 Å². The van der Waals surface area contributed by atoms with Gasteiger partial charge in [0.25, 0.3) is 11.6 Å². The van der Waals surface area contributed by atoms with Gasteiger partial charge in [0.05, 0.1) is 11.1 Å². The monoisotopic (exact) mass is 301 g/mol. The summed E-state index contributed by atoms with van der Waals surface area (Å²) in [4.78, 5) is 21.8. The molecule has 22 heavy (non-hydrogen) atoms. The molecular weight excluding hydrogens is 290 g/mol. The Balaban J connectivity index is 2.09. The van der Waals surface area contributed by atoms with Crippen LogP contribution in [0.4, 0.5) is 5.69 Å². The van der Waals surface area contributed by atoms with Crippen LogP contribution in [0.1, 0.15) is 15.9 Å². The zero-order chi connectivity index (χ0) is 16.1. The lowest BCUT2D eigenvalue weighted by Gasteiger charge is -2.01. The molecule has 112 valence electrons. The van der Waals surface area contributed by atoms with E-state index in [9.17, 15) is 20.0 Å². The van der Waals surface area contributed by atoms with Gasteiger partial charge >= 0.3 is 0 Å². The number of phenolic OH excluding ortho intramolecular Hbond substituents is 2. The number of amides is 1. The minimum atomic E-state index is -0.605. The van der Waals surface area contributed by atoms with Gasteiger partial charge < -0.3 is 10.2 Å². The number of nitrogens with zero attached hydrogens (tertiary/aromatic N) is 2. The summed E-state index contributed by atoms with van der Waals surface area (Å²) in [5.41, 5.74) is 2.38. The van der Waals surface area contributed by atoms with E-state index in [-0.39, 0.29) is 28.3 Å². The number of carbonyl (C=O) groups excluding carboxylic acids is 1. The topological polar surface area (TPSA) is 125 Å². The Morgan fingerprint density at radius 3 is 2.50 bits per heavy atom. The molecule has 0 fully saturated rings. The minimum absolute atomic E-state index is 0.0292. The summed E-state index contributed by atoms with van der Waals surface area (Å²) in [6.07, 6.45) is 1.10. The van der Waals surface area contributed by atoms with Crippen molar-refractivity contribution >= 4 is 17.8 Å². The third-order valence-corrected chi connectivity index (χ3v) is 2.72. The molecule has 0 spiro atoms. The quantitative estimate of drug-likeness (QED) is 0.451. The molecule has 2 aromatic carbocycles. The molecule has 0 unspecified atom stereocenters. The number of nitro groups is 1. The average Bonchev–Trinajstić information content (AvgIpc) is 2.49. The first-order valence-electron chi connectivity index (χ1n) is 6.07. The molecular formula is C14H11N3O5. The van der Waals surface area contributed by atoms with Crippen LogP contribution < -0.4 is 5.43 Å². The highest BCUT2D eigenvalue weighted by molar-refractivity contribution is 5.95. The number of non-ortho nitro benzene ring substituents is 1. The number of phenols is 2. The summed E-state index contributed by atoms with van der Waals surface area (Å²) < 4.78 is 0. The zero-order valence-corrected chi connectivity index (χ0v) is 11.1. The van der Waals surface area contributed by atoms with E-state index < -0.39 is 10.8 Å². The Morgan fingerprint density at radius 1 is 1.18 bits per heavy atom. The lowest BCUT2D eigenvalue weighted by Crippen LogP contribution is -2.17. The van der Waals surface area contributed by atoms with E-state index >= 15 is 0 Å². The van der Waals surface area contributed by atoms with E-state index in [2.05, 4.69) is 10.5 Å². The van der Waals surface area contributed by atoms with Crippen LogP contribution in [-0.4, -0.2) is 27.3 Å². The Morgan fingerprint density at radius 2 is 1.86 bits per heavy atom. The van der Waals surface area contributed by atoms with Crippen molar-refractivity contribution in [3.05, 3.63) is 63.7 Å². The lowest BCUT2D eigenvalue weighted by atomic mass is 10.2. The zero-order valence-electron chi connectivity index (χ0n) is 11.1. The van der Waals surface area contributed by atoms with Crippen molar-refractivity contribution in [1.29, 1.82) is 0 Å². The van der Waals surface area contributed by atoms with Crippen LogP contribution in [0, 0.1) is 10.1 Å². The number of nitrogens with one attached hydrogen (secondary N) is 1. The van der Waals surface area contributed by atoms with Crippen LogP contribution in [0.2, 0.25) is 0 Å². The molecule has 8 heteroatoms. The fourth-order valence-electron chi connectivity index (χ4n) is 1.60. The second-order valence-electron chi connectivity index (χ2n) is 4.25. The van der Waals surface area contributed by atoms with E-state index in [1.165, 1.54) is 30.3 Å². The number of hydrazone groups is 1. The van der Waals surface area contributed by atoms with Crippen molar-refractivity contribution in [1.82, 2.24) is 5.43 Å². The largest absolute Gasteiger partial charge is 0.508 e. The standard InChI is InChI=1S/C14H11N3O5/c18-12-4-1-9(2-5-12)14(20)16-15-8-10-7-11(17(21)22)3-6-13(10)19/h1-8,18-19H,(H,16,20). The molecule has 0 saturated carbocycles. The molecule has 8 nitrogen and oxygen atoms in total. The number of hydrogen-bond acceptors (Lipinski definition) is 6. The van der Waals surface area contributed by atoms with Gasteiger partial charge in [-0.25, -0.2) is 5.43 Å². The van der Waals surface area contributed by atoms with E-state index in [1.54, 1.807) is 0 Å². The predicted molar refractivity (Wildman–Crippen MR) is 77.9 cm³/mol. The lowest BCUT2D eigenvalue weighted by molar-refractivity contribution is -0.384. The molecule has 0 saturated heterocycles. The first-order chi connectivity index (χ1) is 10.5. The van der Waals surface area contributed by atoms with Gasteiger partial charge in [-0.15, -0.1) is 0 Å². The van der Waals surface area contributed by atoms with Crippen LogP contribution >= 0.6 is 0 Å². The van der Waals surface area contributed by atoms with Gasteiger partial charge in [-0.3, -0.25) is 14.9 Å². The van der Waals surface area contributed by atoms with Crippen LogP contribution in [0.15, 0.2) is 47.6 Å². The number of benzene rings is 2. The van der Waals surface area contributed by atoms with Crippen LogP contribution in [0.25, 0.3) is 0 Å². The average molecular weight is 301 g/mol. The predicted octanol–water partition coefficient (Wildman–Crippen LogP) is 1.77. The fraction of sp³-hybridized carbons (Fsp3) is 0. The maximum Gasteiger partial charge on any atom is 0.271 e. The minimum Gasteiger partial charge on any atom is -0.508 e. The first-order valence-corrected chi connectivity index (χ1v) is 6.07. The Hall–Kier alpha value is -3.42. The number of rotatable bonds is 4. The third-order valence-electron chi connectivity index (χ3n) is 2.72. The van der Waals surface area contributed by atoms with Gasteiger partial charge in [-0.2, -0.15) is 5.10 Å². The number of aromatic hydroxyl groups is 2. The SMILES string of the molecule is O=C(NN=Cc1cc([N+](=O)[O-])ccc1O)c1ccc(O)cc1. The van der Waals surface area contributed by atoms with Crippen molar-refractivity contribution in [3.8, 4) is 11.5 Å². The Kier molecular flexibility index (Phi) is 4.33. The second kappa shape index (κ2) is 6.35. The summed E-state index contributed by atoms with van der Waals surface area (Å²) in [5, 5.41) is 33.0. The highest BCUT2D eigenvalue weighted by Crippen LogP contribution is 2.21.